The summed E-state index contributed by atoms with van der Waals surface area (Å²) in [5.41, 5.74) is 2.37. The van der Waals surface area contributed by atoms with Crippen LogP contribution in [0.1, 0.15) is 52.0 Å². The largest absolute Gasteiger partial charge is 1.00 e. The molecule has 1 heterocycles. The predicted octanol–water partition coefficient (Wildman–Crippen LogP) is -2.98. The molecule has 1 aliphatic rings. The molecule has 0 atom stereocenters. The number of benzene rings is 2. The monoisotopic (exact) mass is 528 g/mol. The van der Waals surface area contributed by atoms with E-state index in [2.05, 4.69) is 13.9 Å². The van der Waals surface area contributed by atoms with Gasteiger partial charge in [-0.25, -0.2) is 8.42 Å². The molecule has 9 nitrogen and oxygen atoms in total. The van der Waals surface area contributed by atoms with Gasteiger partial charge in [0.05, 0.1) is 22.4 Å². The van der Waals surface area contributed by atoms with Crippen LogP contribution in [0.5, 0.6) is 0 Å². The van der Waals surface area contributed by atoms with Crippen molar-refractivity contribution >= 4 is 50.3 Å². The fraction of sp³-hybridized carbons (Fsp3) is 0.429. The molecule has 0 bridgehead atoms. The Morgan fingerprint density at radius 2 is 1.82 bits per heavy atom. The summed E-state index contributed by atoms with van der Waals surface area (Å²) in [4.78, 5) is 10.6. The number of fused-ring (bicyclic) bond motifs is 3. The van der Waals surface area contributed by atoms with Gasteiger partial charge in [-0.2, -0.15) is 8.91 Å². The van der Waals surface area contributed by atoms with Crippen molar-refractivity contribution in [1.82, 2.24) is 0 Å². The number of rotatable bonds is 10. The predicted molar refractivity (Wildman–Crippen MR) is 115 cm³/mol. The van der Waals surface area contributed by atoms with Gasteiger partial charge < -0.3 is 14.9 Å². The minimum absolute atomic E-state index is 0. The van der Waals surface area contributed by atoms with Gasteiger partial charge in [0.1, 0.15) is 16.7 Å². The van der Waals surface area contributed by atoms with Crippen LogP contribution in [0.15, 0.2) is 34.1 Å². The van der Waals surface area contributed by atoms with Crippen molar-refractivity contribution < 1.29 is 101 Å². The Balaban J connectivity index is 0.00000289. The number of nitrogens with zero attached hydrogens (tertiary/aromatic N) is 1. The smallest absolute Gasteiger partial charge is 0.744 e. The van der Waals surface area contributed by atoms with Crippen LogP contribution in [0.3, 0.4) is 0 Å². The van der Waals surface area contributed by atoms with E-state index in [1.165, 1.54) is 12.1 Å². The molecule has 0 aromatic heterocycles. The van der Waals surface area contributed by atoms with E-state index in [4.69, 9.17) is 5.11 Å². The second-order valence-corrected chi connectivity index (χ2v) is 10.3. The number of hydrogen-bond donors (Lipinski definition) is 1. The molecule has 1 aliphatic heterocycles. The molecule has 0 radical (unpaired) electrons. The summed E-state index contributed by atoms with van der Waals surface area (Å²) in [7, 11) is -4.76. The second kappa shape index (κ2) is 13.0. The fourth-order valence-corrected chi connectivity index (χ4v) is 5.36. The van der Waals surface area contributed by atoms with Gasteiger partial charge in [0, 0.05) is 36.3 Å². The van der Waals surface area contributed by atoms with Crippen molar-refractivity contribution in [3.63, 3.8) is 0 Å². The molecule has 0 amide bonds. The first kappa shape index (κ1) is 32.0. The van der Waals surface area contributed by atoms with Gasteiger partial charge in [-0.15, -0.1) is 0 Å². The zero-order valence-corrected chi connectivity index (χ0v) is 25.5. The van der Waals surface area contributed by atoms with E-state index in [1.54, 1.807) is 6.07 Å². The molecule has 0 unspecified atom stereocenters. The van der Waals surface area contributed by atoms with Gasteiger partial charge in [-0.3, -0.25) is 9.83 Å². The molecular weight excluding hydrogens is 504 g/mol. The minimum Gasteiger partial charge on any atom is -0.744 e. The normalized spacial score (nSPS) is 14.5. The van der Waals surface area contributed by atoms with Crippen LogP contribution >= 0.6 is 12.0 Å². The molecule has 0 saturated heterocycles. The van der Waals surface area contributed by atoms with Gasteiger partial charge in [-0.05, 0) is 55.7 Å². The van der Waals surface area contributed by atoms with Crippen molar-refractivity contribution in [1.29, 1.82) is 0 Å². The average Bonchev–Trinajstić information content (AvgIpc) is 2.91. The first-order chi connectivity index (χ1) is 15.0. The van der Waals surface area contributed by atoms with E-state index in [1.807, 2.05) is 26.8 Å². The molecule has 0 aliphatic carbocycles. The molecule has 0 spiro atoms. The van der Waals surface area contributed by atoms with Crippen molar-refractivity contribution in [2.24, 2.45) is 0 Å². The van der Waals surface area contributed by atoms with Gasteiger partial charge in [0.25, 0.3) is 0 Å². The van der Waals surface area contributed by atoms with Crippen molar-refractivity contribution in [2.75, 3.05) is 6.54 Å². The SMILES string of the molecule is CC1=[N+](CCCCCC(=O)O)c2ccc3c(SOO[O-])cc(S(=O)(=O)[O-])cc3c2C1(C)C.[Na+].[Na+]. The van der Waals surface area contributed by atoms with Gasteiger partial charge in [0.2, 0.25) is 5.69 Å². The maximum Gasteiger partial charge on any atom is 1.00 e. The van der Waals surface area contributed by atoms with E-state index < -0.39 is 26.4 Å². The molecule has 2 aromatic rings. The van der Waals surface area contributed by atoms with E-state index in [-0.39, 0.29) is 70.4 Å². The van der Waals surface area contributed by atoms with Crippen LogP contribution in [-0.2, 0) is 29.7 Å². The van der Waals surface area contributed by atoms with Crippen LogP contribution in [0.25, 0.3) is 10.8 Å². The topological polar surface area (TPSA) is 139 Å². The minimum atomic E-state index is -4.76. The van der Waals surface area contributed by atoms with Crippen LogP contribution in [0.2, 0.25) is 0 Å². The third-order valence-electron chi connectivity index (χ3n) is 5.99. The Labute approximate surface area is 247 Å². The van der Waals surface area contributed by atoms with E-state index in [9.17, 15) is 23.0 Å². The summed E-state index contributed by atoms with van der Waals surface area (Å²) in [6.07, 6.45) is 2.30. The first-order valence-electron chi connectivity index (χ1n) is 10.0. The maximum atomic E-state index is 11.8. The fourth-order valence-electron chi connectivity index (χ4n) is 4.22. The molecule has 1 N–H and O–H groups in total. The zero-order valence-electron chi connectivity index (χ0n) is 19.9. The molecular formula is C21H24NNa2O8S2+. The van der Waals surface area contributed by atoms with E-state index in [0.29, 0.717) is 35.8 Å². The summed E-state index contributed by atoms with van der Waals surface area (Å²) >= 11 is 0.543. The van der Waals surface area contributed by atoms with E-state index in [0.717, 1.165) is 29.8 Å². The third kappa shape index (κ3) is 6.84. The van der Waals surface area contributed by atoms with Crippen LogP contribution in [0.4, 0.5) is 5.69 Å². The summed E-state index contributed by atoms with van der Waals surface area (Å²) < 4.78 is 41.9. The Morgan fingerprint density at radius 1 is 1.15 bits per heavy atom. The summed E-state index contributed by atoms with van der Waals surface area (Å²) in [6, 6.07) is 6.24. The molecule has 34 heavy (non-hydrogen) atoms. The van der Waals surface area contributed by atoms with Gasteiger partial charge in [-0.1, -0.05) is 0 Å². The quantitative estimate of drug-likeness (QED) is 0.0651. The first-order valence-corrected chi connectivity index (χ1v) is 12.2. The number of carbonyl (C=O) groups is 1. The average molecular weight is 529 g/mol. The second-order valence-electron chi connectivity index (χ2n) is 8.22. The van der Waals surface area contributed by atoms with Gasteiger partial charge >= 0.3 is 65.1 Å². The maximum absolute atomic E-state index is 11.8. The summed E-state index contributed by atoms with van der Waals surface area (Å²) in [5.74, 6) is -0.809. The van der Waals surface area contributed by atoms with Crippen molar-refractivity contribution in [3.05, 3.63) is 29.8 Å². The molecule has 174 valence electrons. The number of carboxylic acids is 1. The number of aliphatic carboxylic acids is 1. The molecule has 3 rings (SSSR count). The Hall–Kier alpha value is -0.0200. The van der Waals surface area contributed by atoms with Crippen molar-refractivity contribution in [2.45, 2.75) is 61.7 Å². The molecule has 13 heteroatoms. The van der Waals surface area contributed by atoms with E-state index >= 15 is 0 Å². The molecule has 0 saturated carbocycles. The Kier molecular flexibility index (Phi) is 12.2. The van der Waals surface area contributed by atoms with Crippen LogP contribution < -0.4 is 64.4 Å². The van der Waals surface area contributed by atoms with Crippen LogP contribution in [0, 0.1) is 0 Å². The molecule has 2 aromatic carbocycles. The van der Waals surface area contributed by atoms with Crippen molar-refractivity contribution in [3.8, 4) is 0 Å². The third-order valence-corrected chi connectivity index (χ3v) is 7.44. The standard InChI is InChI=1S/C21H25NO8S2.2Na/c1-13-21(2,3)20-16-11-14(32(26,27)28)12-18(31-30-29-25)15(16)8-9-17(20)22(13)10-6-4-5-7-19(23)24;;/h8-9,11-12H,4-7,10H2,1-3H3,(H2-,23,24,25,26,27,28);;/q;2*+1/p-1. The Bertz CT molecular complexity index is 1200. The summed E-state index contributed by atoms with van der Waals surface area (Å²) in [6.45, 7) is 6.73. The number of hydrogen-bond acceptors (Lipinski definition) is 8. The zero-order chi connectivity index (χ0) is 23.7. The van der Waals surface area contributed by atoms with Crippen LogP contribution in [-0.4, -0.2) is 40.9 Å². The summed E-state index contributed by atoms with van der Waals surface area (Å²) in [5, 5.41) is 23.7. The number of carboxylic acid groups (broad SMARTS) is 1. The Morgan fingerprint density at radius 3 is 2.41 bits per heavy atom. The molecule has 0 fully saturated rings. The van der Waals surface area contributed by atoms with Gasteiger partial charge in [0.15, 0.2) is 5.71 Å². The number of unbranched alkanes of at least 4 members (excludes halogenated alkanes) is 2.